The van der Waals surface area contributed by atoms with Gasteiger partial charge >= 0.3 is 5.97 Å². The van der Waals surface area contributed by atoms with Crippen LogP contribution >= 0.6 is 11.8 Å². The molecule has 0 radical (unpaired) electrons. The molecular weight excluding hydrogens is 508 g/mol. The third-order valence-corrected chi connectivity index (χ3v) is 6.95. The van der Waals surface area contributed by atoms with Crippen LogP contribution in [0.1, 0.15) is 33.5 Å². The molecule has 0 aliphatic heterocycles. The van der Waals surface area contributed by atoms with Gasteiger partial charge in [-0.05, 0) is 83.7 Å². The Kier molecular flexibility index (Phi) is 11.1. The number of hydrogen-bond donors (Lipinski definition) is 4. The van der Waals surface area contributed by atoms with E-state index in [2.05, 4.69) is 5.32 Å². The second-order valence-electron chi connectivity index (χ2n) is 9.16. The lowest BCUT2D eigenvalue weighted by atomic mass is 9.93. The van der Waals surface area contributed by atoms with Crippen LogP contribution in [-0.2, 0) is 17.9 Å². The molecule has 1 amide bonds. The van der Waals surface area contributed by atoms with Gasteiger partial charge in [-0.15, -0.1) is 0 Å². The van der Waals surface area contributed by atoms with Crippen molar-refractivity contribution in [2.24, 2.45) is 11.5 Å². The monoisotopic (exact) mass is 544 g/mol. The first-order valence-electron chi connectivity index (χ1n) is 12.7. The van der Waals surface area contributed by atoms with Crippen molar-refractivity contribution in [2.45, 2.75) is 32.5 Å². The highest BCUT2D eigenvalue weighted by atomic mass is 32.2. The van der Waals surface area contributed by atoms with Crippen molar-refractivity contribution >= 4 is 23.6 Å². The van der Waals surface area contributed by atoms with E-state index in [9.17, 15) is 14.7 Å². The highest BCUT2D eigenvalue weighted by Gasteiger charge is 2.23. The molecule has 0 spiro atoms. The average Bonchev–Trinajstić information content (AvgIpc) is 2.94. The smallest absolute Gasteiger partial charge is 0.326 e. The fourth-order valence-corrected chi connectivity index (χ4v) is 4.71. The Morgan fingerprint density at radius 2 is 1.69 bits per heavy atom. The number of aliphatic carboxylic acids is 1. The van der Waals surface area contributed by atoms with Gasteiger partial charge in [0.1, 0.15) is 6.04 Å². The first kappa shape index (κ1) is 29.4. The Labute approximate surface area is 234 Å². The Hall–Kier alpha value is -4.17. The molecule has 0 bridgehead atoms. The molecule has 0 aliphatic rings. The van der Waals surface area contributed by atoms with Gasteiger partial charge in [0, 0.05) is 18.7 Å². The summed E-state index contributed by atoms with van der Waals surface area (Å²) in [7, 11) is 0. The van der Waals surface area contributed by atoms with Crippen LogP contribution in [0.25, 0.3) is 11.1 Å². The van der Waals surface area contributed by atoms with Gasteiger partial charge in [0.2, 0.25) is 0 Å². The number of thioether (sulfide) groups is 1. The van der Waals surface area contributed by atoms with E-state index in [1.807, 2.05) is 84.8 Å². The van der Waals surface area contributed by atoms with Gasteiger partial charge < -0.3 is 26.8 Å². The zero-order valence-electron chi connectivity index (χ0n) is 22.3. The third-order valence-electron chi connectivity index (χ3n) is 6.31. The van der Waals surface area contributed by atoms with Gasteiger partial charge in [-0.1, -0.05) is 60.7 Å². The van der Waals surface area contributed by atoms with Crippen molar-refractivity contribution in [1.29, 1.82) is 0 Å². The fraction of sp³-hybridized carbons (Fsp3) is 0.226. The average molecular weight is 545 g/mol. The second kappa shape index (κ2) is 14.7. The van der Waals surface area contributed by atoms with Crippen LogP contribution < -0.4 is 16.8 Å². The normalized spacial score (nSPS) is 12.3. The van der Waals surface area contributed by atoms with E-state index in [4.69, 9.17) is 11.5 Å². The summed E-state index contributed by atoms with van der Waals surface area (Å²) in [6.45, 7) is 3.06. The summed E-state index contributed by atoms with van der Waals surface area (Å²) in [5.41, 5.74) is 17.1. The molecule has 3 aromatic carbocycles. The standard InChI is InChI=1S/C31H36N4O3S/c1-22-9-6-7-12-25(22)27-19-24(14-15-26(27)30(36)34-28(31(37)38)16-18-39-2)21-35(29(33)13-8-17-32)20-23-10-4-3-5-11-23/h3-15,17,19,28H,16,18,20-21,32-33H2,1-2H3,(H,34,36)(H,37,38)/b17-8-,29-13+/t28-/m0/s1. The summed E-state index contributed by atoms with van der Waals surface area (Å²) >= 11 is 1.54. The molecule has 204 valence electrons. The Morgan fingerprint density at radius 1 is 1.00 bits per heavy atom. The Balaban J connectivity index is 2.01. The molecule has 0 heterocycles. The van der Waals surface area contributed by atoms with Gasteiger partial charge in [-0.3, -0.25) is 4.79 Å². The van der Waals surface area contributed by atoms with Crippen molar-refractivity contribution in [3.05, 3.63) is 119 Å². The molecule has 3 aromatic rings. The number of amides is 1. The number of carboxylic acids is 1. The number of nitrogens with two attached hydrogens (primary N) is 2. The maximum Gasteiger partial charge on any atom is 0.326 e. The lowest BCUT2D eigenvalue weighted by Gasteiger charge is -2.26. The maximum atomic E-state index is 13.4. The van der Waals surface area contributed by atoms with E-state index in [-0.39, 0.29) is 0 Å². The van der Waals surface area contributed by atoms with Gasteiger partial charge in [0.05, 0.1) is 5.82 Å². The minimum Gasteiger partial charge on any atom is -0.480 e. The van der Waals surface area contributed by atoms with Crippen LogP contribution in [0.3, 0.4) is 0 Å². The van der Waals surface area contributed by atoms with Crippen LogP contribution in [0, 0.1) is 6.92 Å². The van der Waals surface area contributed by atoms with E-state index in [0.717, 1.165) is 27.8 Å². The van der Waals surface area contributed by atoms with Crippen molar-refractivity contribution in [2.75, 3.05) is 12.0 Å². The van der Waals surface area contributed by atoms with E-state index in [1.165, 1.54) is 6.20 Å². The number of carbonyl (C=O) groups is 2. The van der Waals surface area contributed by atoms with Crippen molar-refractivity contribution < 1.29 is 14.7 Å². The Morgan fingerprint density at radius 3 is 2.36 bits per heavy atom. The number of carbonyl (C=O) groups excluding carboxylic acids is 1. The third kappa shape index (κ3) is 8.41. The maximum absolute atomic E-state index is 13.4. The number of nitrogens with zero attached hydrogens (tertiary/aromatic N) is 1. The van der Waals surface area contributed by atoms with Crippen LogP contribution in [0.4, 0.5) is 0 Å². The molecule has 39 heavy (non-hydrogen) atoms. The van der Waals surface area contributed by atoms with Crippen LogP contribution in [0.2, 0.25) is 0 Å². The molecule has 0 saturated heterocycles. The molecule has 6 N–H and O–H groups in total. The SMILES string of the molecule is CSCC[C@H](NC(=O)c1ccc(CN(Cc2ccccc2)/C(N)=C/C=C\N)cc1-c1ccccc1C)C(=O)O. The van der Waals surface area contributed by atoms with Gasteiger partial charge in [0.15, 0.2) is 0 Å². The summed E-state index contributed by atoms with van der Waals surface area (Å²) in [5.74, 6) is -0.275. The number of aryl methyl sites for hydroxylation is 1. The number of rotatable bonds is 13. The highest BCUT2D eigenvalue weighted by Crippen LogP contribution is 2.29. The van der Waals surface area contributed by atoms with E-state index in [1.54, 1.807) is 30.0 Å². The molecule has 0 saturated carbocycles. The molecule has 0 aromatic heterocycles. The first-order valence-corrected chi connectivity index (χ1v) is 14.1. The fourth-order valence-electron chi connectivity index (χ4n) is 4.24. The van der Waals surface area contributed by atoms with Crippen molar-refractivity contribution in [3.8, 4) is 11.1 Å². The topological polar surface area (TPSA) is 122 Å². The molecule has 7 nitrogen and oxygen atoms in total. The van der Waals surface area contributed by atoms with E-state index >= 15 is 0 Å². The zero-order chi connectivity index (χ0) is 28.2. The van der Waals surface area contributed by atoms with Crippen molar-refractivity contribution in [1.82, 2.24) is 10.2 Å². The zero-order valence-corrected chi connectivity index (χ0v) is 23.2. The largest absolute Gasteiger partial charge is 0.480 e. The first-order chi connectivity index (χ1) is 18.8. The molecule has 3 rings (SSSR count). The Bertz CT molecular complexity index is 1320. The van der Waals surface area contributed by atoms with Gasteiger partial charge in [-0.2, -0.15) is 11.8 Å². The summed E-state index contributed by atoms with van der Waals surface area (Å²) in [6, 6.07) is 22.5. The number of allylic oxidation sites excluding steroid dienone is 2. The van der Waals surface area contributed by atoms with Crippen LogP contribution in [0.15, 0.2) is 97.0 Å². The van der Waals surface area contributed by atoms with E-state index in [0.29, 0.717) is 36.6 Å². The summed E-state index contributed by atoms with van der Waals surface area (Å²) in [6.07, 6.45) is 7.13. The quantitative estimate of drug-likeness (QED) is 0.226. The number of hydrogen-bond acceptors (Lipinski definition) is 6. The number of carboxylic acid groups (broad SMARTS) is 1. The van der Waals surface area contributed by atoms with Crippen LogP contribution in [-0.4, -0.2) is 39.9 Å². The lowest BCUT2D eigenvalue weighted by Crippen LogP contribution is -2.41. The molecule has 0 unspecified atom stereocenters. The molecule has 8 heteroatoms. The molecular formula is C31H36N4O3S. The molecule has 0 fully saturated rings. The van der Waals surface area contributed by atoms with Crippen LogP contribution in [0.5, 0.6) is 0 Å². The number of nitrogens with one attached hydrogen (secondary N) is 1. The molecule has 1 atom stereocenters. The van der Waals surface area contributed by atoms with Crippen molar-refractivity contribution in [3.63, 3.8) is 0 Å². The van der Waals surface area contributed by atoms with Gasteiger partial charge in [-0.25, -0.2) is 4.79 Å². The predicted octanol–water partition coefficient (Wildman–Crippen LogP) is 4.87. The number of benzene rings is 3. The predicted molar refractivity (Wildman–Crippen MR) is 160 cm³/mol. The summed E-state index contributed by atoms with van der Waals surface area (Å²) in [5, 5.41) is 12.4. The second-order valence-corrected chi connectivity index (χ2v) is 10.1. The molecule has 0 aliphatic carbocycles. The van der Waals surface area contributed by atoms with Gasteiger partial charge in [0.25, 0.3) is 5.91 Å². The minimum atomic E-state index is -1.04. The highest BCUT2D eigenvalue weighted by molar-refractivity contribution is 7.98. The summed E-state index contributed by atoms with van der Waals surface area (Å²) in [4.78, 5) is 27.2. The summed E-state index contributed by atoms with van der Waals surface area (Å²) < 4.78 is 0. The minimum absolute atomic E-state index is 0.345. The van der Waals surface area contributed by atoms with E-state index < -0.39 is 17.9 Å². The lowest BCUT2D eigenvalue weighted by molar-refractivity contribution is -0.139.